The van der Waals surface area contributed by atoms with Gasteiger partial charge in [-0.15, -0.1) is 0 Å². The second-order valence-electron chi connectivity index (χ2n) is 4.31. The highest BCUT2D eigenvalue weighted by molar-refractivity contribution is 5.20. The first-order valence-electron chi connectivity index (χ1n) is 5.92. The Balaban J connectivity index is 2.11. The summed E-state index contributed by atoms with van der Waals surface area (Å²) in [6.07, 6.45) is 0. The summed E-state index contributed by atoms with van der Waals surface area (Å²) in [5.74, 6) is -0.253. The number of ether oxygens (including phenoxy) is 1. The minimum atomic E-state index is -0.573. The largest absolute Gasteiger partial charge is 0.494 e. The molecule has 7 nitrogen and oxygen atoms in total. The van der Waals surface area contributed by atoms with Crippen molar-refractivity contribution in [3.63, 3.8) is 0 Å². The molecule has 1 aliphatic rings. The SMILES string of the molecule is Cc1c(O)n(CCN2CCOCC2)c(=O)[nH]c1=O. The van der Waals surface area contributed by atoms with Crippen LogP contribution in [0.4, 0.5) is 0 Å². The first kappa shape index (κ1) is 12.8. The number of rotatable bonds is 3. The van der Waals surface area contributed by atoms with E-state index in [-0.39, 0.29) is 11.4 Å². The van der Waals surface area contributed by atoms with E-state index >= 15 is 0 Å². The fraction of sp³-hybridized carbons (Fsp3) is 0.636. The molecule has 0 atom stereocenters. The molecule has 0 unspecified atom stereocenters. The molecular formula is C11H17N3O4. The van der Waals surface area contributed by atoms with Crippen LogP contribution in [0, 0.1) is 6.92 Å². The second kappa shape index (κ2) is 5.36. The Kier molecular flexibility index (Phi) is 3.83. The van der Waals surface area contributed by atoms with Gasteiger partial charge in [-0.25, -0.2) is 4.79 Å². The summed E-state index contributed by atoms with van der Waals surface area (Å²) in [6, 6.07) is 0. The third-order valence-corrected chi connectivity index (χ3v) is 3.14. The molecule has 0 saturated carbocycles. The van der Waals surface area contributed by atoms with Crippen molar-refractivity contribution in [3.05, 3.63) is 26.4 Å². The zero-order chi connectivity index (χ0) is 13.1. The van der Waals surface area contributed by atoms with Crippen molar-refractivity contribution < 1.29 is 9.84 Å². The van der Waals surface area contributed by atoms with Crippen LogP contribution in [-0.4, -0.2) is 52.4 Å². The van der Waals surface area contributed by atoms with E-state index < -0.39 is 11.2 Å². The summed E-state index contributed by atoms with van der Waals surface area (Å²) in [5.41, 5.74) is -0.951. The average Bonchev–Trinajstić information content (AvgIpc) is 2.37. The number of hydrogen-bond acceptors (Lipinski definition) is 5. The Bertz CT molecular complexity index is 528. The maximum Gasteiger partial charge on any atom is 0.331 e. The van der Waals surface area contributed by atoms with Gasteiger partial charge in [-0.2, -0.15) is 0 Å². The maximum atomic E-state index is 11.6. The number of nitrogens with one attached hydrogen (secondary N) is 1. The summed E-state index contributed by atoms with van der Waals surface area (Å²) in [4.78, 5) is 27.2. The van der Waals surface area contributed by atoms with Gasteiger partial charge in [0.05, 0.1) is 18.8 Å². The third kappa shape index (κ3) is 2.62. The molecule has 2 N–H and O–H groups in total. The molecule has 0 bridgehead atoms. The zero-order valence-electron chi connectivity index (χ0n) is 10.3. The van der Waals surface area contributed by atoms with Crippen LogP contribution in [-0.2, 0) is 11.3 Å². The lowest BCUT2D eigenvalue weighted by Crippen LogP contribution is -2.40. The molecule has 1 saturated heterocycles. The van der Waals surface area contributed by atoms with Gasteiger partial charge in [0.25, 0.3) is 5.56 Å². The van der Waals surface area contributed by atoms with Crippen LogP contribution in [0.25, 0.3) is 0 Å². The summed E-state index contributed by atoms with van der Waals surface area (Å²) in [6.45, 7) is 5.48. The van der Waals surface area contributed by atoms with Crippen molar-refractivity contribution in [3.8, 4) is 5.88 Å². The number of hydrogen-bond donors (Lipinski definition) is 2. The quantitative estimate of drug-likeness (QED) is 0.714. The molecule has 2 rings (SSSR count). The van der Waals surface area contributed by atoms with Gasteiger partial charge in [0.2, 0.25) is 5.88 Å². The van der Waals surface area contributed by atoms with E-state index in [1.165, 1.54) is 11.5 Å². The predicted molar refractivity (Wildman–Crippen MR) is 65.0 cm³/mol. The molecule has 1 aromatic rings. The van der Waals surface area contributed by atoms with Crippen molar-refractivity contribution in [2.75, 3.05) is 32.8 Å². The predicted octanol–water partition coefficient (Wildman–Crippen LogP) is -1.12. The van der Waals surface area contributed by atoms with Crippen LogP contribution < -0.4 is 11.2 Å². The lowest BCUT2D eigenvalue weighted by atomic mass is 10.3. The van der Waals surface area contributed by atoms with E-state index in [0.29, 0.717) is 26.3 Å². The van der Waals surface area contributed by atoms with E-state index in [1.54, 1.807) is 0 Å². The summed E-state index contributed by atoms with van der Waals surface area (Å²) in [5, 5.41) is 9.79. The van der Waals surface area contributed by atoms with Crippen LogP contribution in [0.5, 0.6) is 5.88 Å². The fourth-order valence-corrected chi connectivity index (χ4v) is 1.93. The number of morpholine rings is 1. The smallest absolute Gasteiger partial charge is 0.331 e. The monoisotopic (exact) mass is 255 g/mol. The Morgan fingerprint density at radius 2 is 1.94 bits per heavy atom. The first-order valence-corrected chi connectivity index (χ1v) is 5.92. The van der Waals surface area contributed by atoms with E-state index in [2.05, 4.69) is 9.88 Å². The number of aromatic hydroxyl groups is 1. The summed E-state index contributed by atoms with van der Waals surface area (Å²) >= 11 is 0. The van der Waals surface area contributed by atoms with Gasteiger partial charge in [-0.05, 0) is 6.92 Å². The minimum Gasteiger partial charge on any atom is -0.494 e. The molecular weight excluding hydrogens is 238 g/mol. The van der Waals surface area contributed by atoms with E-state index in [1.807, 2.05) is 0 Å². The highest BCUT2D eigenvalue weighted by Gasteiger charge is 2.13. The highest BCUT2D eigenvalue weighted by atomic mass is 16.5. The van der Waals surface area contributed by atoms with Crippen LogP contribution in [0.15, 0.2) is 9.59 Å². The van der Waals surface area contributed by atoms with Crippen LogP contribution in [0.3, 0.4) is 0 Å². The minimum absolute atomic E-state index is 0.163. The third-order valence-electron chi connectivity index (χ3n) is 3.14. The van der Waals surface area contributed by atoms with E-state index in [0.717, 1.165) is 13.1 Å². The van der Waals surface area contributed by atoms with Crippen LogP contribution >= 0.6 is 0 Å². The molecule has 1 aliphatic heterocycles. The van der Waals surface area contributed by atoms with Crippen molar-refractivity contribution in [2.24, 2.45) is 0 Å². The first-order chi connectivity index (χ1) is 8.59. The average molecular weight is 255 g/mol. The Labute approximate surface area is 104 Å². The lowest BCUT2D eigenvalue weighted by Gasteiger charge is -2.26. The van der Waals surface area contributed by atoms with Gasteiger partial charge in [0, 0.05) is 26.2 Å². The zero-order valence-corrected chi connectivity index (χ0v) is 10.3. The Morgan fingerprint density at radius 3 is 2.61 bits per heavy atom. The normalized spacial score (nSPS) is 16.9. The van der Waals surface area contributed by atoms with Gasteiger partial charge in [0.1, 0.15) is 0 Å². The van der Waals surface area contributed by atoms with E-state index in [9.17, 15) is 14.7 Å². The number of aromatic nitrogens is 2. The molecule has 1 fully saturated rings. The van der Waals surface area contributed by atoms with Gasteiger partial charge >= 0.3 is 5.69 Å². The molecule has 1 aromatic heterocycles. The van der Waals surface area contributed by atoms with Crippen molar-refractivity contribution in [1.82, 2.24) is 14.5 Å². The molecule has 100 valence electrons. The number of H-pyrrole nitrogens is 1. The van der Waals surface area contributed by atoms with Crippen molar-refractivity contribution in [1.29, 1.82) is 0 Å². The summed E-state index contributed by atoms with van der Waals surface area (Å²) in [7, 11) is 0. The Hall–Kier alpha value is -1.60. The van der Waals surface area contributed by atoms with Gasteiger partial charge in [-0.1, -0.05) is 0 Å². The van der Waals surface area contributed by atoms with Gasteiger partial charge < -0.3 is 9.84 Å². The number of nitrogens with zero attached hydrogens (tertiary/aromatic N) is 2. The summed E-state index contributed by atoms with van der Waals surface area (Å²) < 4.78 is 6.41. The standard InChI is InChI=1S/C11H17N3O4/c1-8-9(15)12-11(17)14(10(8)16)3-2-13-4-6-18-7-5-13/h16H,2-7H2,1H3,(H,12,15,17). The molecule has 0 aliphatic carbocycles. The van der Waals surface area contributed by atoms with Crippen LogP contribution in [0.1, 0.15) is 5.56 Å². The van der Waals surface area contributed by atoms with Gasteiger partial charge in [-0.3, -0.25) is 19.2 Å². The molecule has 0 aromatic carbocycles. The molecule has 18 heavy (non-hydrogen) atoms. The van der Waals surface area contributed by atoms with Crippen molar-refractivity contribution >= 4 is 0 Å². The van der Waals surface area contributed by atoms with Crippen LogP contribution in [0.2, 0.25) is 0 Å². The molecule has 2 heterocycles. The van der Waals surface area contributed by atoms with E-state index in [4.69, 9.17) is 4.74 Å². The molecule has 0 spiro atoms. The molecule has 7 heteroatoms. The fourth-order valence-electron chi connectivity index (χ4n) is 1.93. The van der Waals surface area contributed by atoms with Gasteiger partial charge in [0.15, 0.2) is 0 Å². The number of aromatic amines is 1. The molecule has 0 amide bonds. The maximum absolute atomic E-state index is 11.6. The lowest BCUT2D eigenvalue weighted by molar-refractivity contribution is 0.0359. The topological polar surface area (TPSA) is 87.6 Å². The Morgan fingerprint density at radius 1 is 1.28 bits per heavy atom. The van der Waals surface area contributed by atoms with Crippen molar-refractivity contribution in [2.45, 2.75) is 13.5 Å². The second-order valence-corrected chi connectivity index (χ2v) is 4.31. The molecule has 0 radical (unpaired) electrons. The highest BCUT2D eigenvalue weighted by Crippen LogP contribution is 2.08.